The van der Waals surface area contributed by atoms with E-state index in [-0.39, 0.29) is 0 Å². The zero-order valence-electron chi connectivity index (χ0n) is 17.5. The van der Waals surface area contributed by atoms with Crippen LogP contribution in [-0.2, 0) is 20.1 Å². The van der Waals surface area contributed by atoms with Gasteiger partial charge in [-0.3, -0.25) is 9.67 Å². The first-order valence-corrected chi connectivity index (χ1v) is 9.45. The van der Waals surface area contributed by atoms with Crippen molar-refractivity contribution in [2.75, 3.05) is 7.05 Å². The van der Waals surface area contributed by atoms with Crippen LogP contribution >= 0.6 is 0 Å². The van der Waals surface area contributed by atoms with Crippen LogP contribution in [0.4, 0.5) is 0 Å². The molecule has 3 rings (SSSR count). The minimum Gasteiger partial charge on any atom is -0.352 e. The van der Waals surface area contributed by atoms with E-state index in [1.54, 1.807) is 7.05 Å². The molecule has 0 fully saturated rings. The molecule has 0 saturated heterocycles. The highest BCUT2D eigenvalue weighted by Gasteiger charge is 2.11. The number of rotatable bonds is 5. The van der Waals surface area contributed by atoms with Gasteiger partial charge in [-0.2, -0.15) is 10.2 Å². The normalized spacial score (nSPS) is 11.7. The van der Waals surface area contributed by atoms with Crippen LogP contribution in [0.3, 0.4) is 0 Å². The van der Waals surface area contributed by atoms with E-state index in [2.05, 4.69) is 57.9 Å². The maximum atomic E-state index is 4.62. The van der Waals surface area contributed by atoms with Crippen LogP contribution in [0.1, 0.15) is 33.9 Å². The van der Waals surface area contributed by atoms with E-state index in [0.29, 0.717) is 13.1 Å². The molecule has 1 aromatic carbocycles. The molecule has 2 aromatic heterocycles. The molecule has 7 heteroatoms. The summed E-state index contributed by atoms with van der Waals surface area (Å²) in [7, 11) is 3.75. The fraction of sp³-hybridized carbons (Fsp3) is 0.381. The molecule has 7 nitrogen and oxygen atoms in total. The fourth-order valence-electron chi connectivity index (χ4n) is 3.38. The summed E-state index contributed by atoms with van der Waals surface area (Å²) in [5.74, 6) is 0.755. The Balaban J connectivity index is 1.70. The first-order chi connectivity index (χ1) is 13.4. The topological polar surface area (TPSA) is 72.1 Å². The summed E-state index contributed by atoms with van der Waals surface area (Å²) in [6.07, 6.45) is 0. The van der Waals surface area contributed by atoms with Crippen LogP contribution in [0.5, 0.6) is 0 Å². The first-order valence-electron chi connectivity index (χ1n) is 9.45. The van der Waals surface area contributed by atoms with Gasteiger partial charge in [0.05, 0.1) is 17.1 Å². The van der Waals surface area contributed by atoms with Crippen LogP contribution in [0.15, 0.2) is 35.3 Å². The number of aryl methyl sites for hydroxylation is 4. The minimum absolute atomic E-state index is 0.652. The van der Waals surface area contributed by atoms with Crippen molar-refractivity contribution in [3.8, 4) is 5.69 Å². The van der Waals surface area contributed by atoms with E-state index >= 15 is 0 Å². The third-order valence-corrected chi connectivity index (χ3v) is 4.99. The van der Waals surface area contributed by atoms with Gasteiger partial charge in [-0.25, -0.2) is 4.68 Å². The van der Waals surface area contributed by atoms with E-state index in [1.807, 2.05) is 42.4 Å². The Morgan fingerprint density at radius 3 is 2.36 bits per heavy atom. The maximum absolute atomic E-state index is 4.62. The van der Waals surface area contributed by atoms with Crippen molar-refractivity contribution in [1.29, 1.82) is 0 Å². The Morgan fingerprint density at radius 1 is 1.04 bits per heavy atom. The Bertz CT molecular complexity index is 994. The summed E-state index contributed by atoms with van der Waals surface area (Å²) < 4.78 is 3.90. The van der Waals surface area contributed by atoms with E-state index in [0.717, 1.165) is 40.0 Å². The van der Waals surface area contributed by atoms with Crippen LogP contribution in [0.25, 0.3) is 5.69 Å². The lowest BCUT2D eigenvalue weighted by atomic mass is 10.1. The molecule has 0 saturated carbocycles. The third-order valence-electron chi connectivity index (χ3n) is 4.99. The van der Waals surface area contributed by atoms with Crippen molar-refractivity contribution in [3.63, 3.8) is 0 Å². The number of benzene rings is 1. The minimum atomic E-state index is 0.652. The average molecular weight is 380 g/mol. The largest absolute Gasteiger partial charge is 0.352 e. The SMILES string of the molecule is CN=C(NCc1ccccc1-n1nc(C)cc1C)NCc1c(C)nn(C)c1C. The van der Waals surface area contributed by atoms with Gasteiger partial charge in [0.2, 0.25) is 0 Å². The van der Waals surface area contributed by atoms with Gasteiger partial charge in [-0.15, -0.1) is 0 Å². The van der Waals surface area contributed by atoms with Gasteiger partial charge in [-0.1, -0.05) is 18.2 Å². The average Bonchev–Trinajstić information content (AvgIpc) is 3.13. The quantitative estimate of drug-likeness (QED) is 0.528. The highest BCUT2D eigenvalue weighted by Crippen LogP contribution is 2.17. The molecular formula is C21H29N7. The van der Waals surface area contributed by atoms with Gasteiger partial charge >= 0.3 is 0 Å². The summed E-state index contributed by atoms with van der Waals surface area (Å²) in [5.41, 5.74) is 7.77. The van der Waals surface area contributed by atoms with Crippen molar-refractivity contribution < 1.29 is 0 Å². The smallest absolute Gasteiger partial charge is 0.191 e. The molecule has 2 N–H and O–H groups in total. The van der Waals surface area contributed by atoms with Gasteiger partial charge in [0.15, 0.2) is 5.96 Å². The molecule has 0 aliphatic carbocycles. The van der Waals surface area contributed by atoms with Crippen LogP contribution in [-0.4, -0.2) is 32.6 Å². The summed E-state index contributed by atoms with van der Waals surface area (Å²) in [6.45, 7) is 9.54. The zero-order chi connectivity index (χ0) is 20.3. The monoisotopic (exact) mass is 379 g/mol. The van der Waals surface area contributed by atoms with Crippen molar-refractivity contribution in [3.05, 3.63) is 64.2 Å². The van der Waals surface area contributed by atoms with Crippen molar-refractivity contribution in [2.45, 2.75) is 40.8 Å². The number of aromatic nitrogens is 4. The third kappa shape index (κ3) is 4.08. The van der Waals surface area contributed by atoms with Crippen molar-refractivity contribution in [2.24, 2.45) is 12.0 Å². The summed E-state index contributed by atoms with van der Waals surface area (Å²) in [6, 6.07) is 10.4. The number of para-hydroxylation sites is 1. The lowest BCUT2D eigenvalue weighted by molar-refractivity contribution is 0.728. The summed E-state index contributed by atoms with van der Waals surface area (Å²) in [5, 5.41) is 15.9. The Labute approximate surface area is 166 Å². The Hall–Kier alpha value is -3.09. The first kappa shape index (κ1) is 19.7. The molecule has 0 amide bonds. The van der Waals surface area contributed by atoms with Crippen LogP contribution < -0.4 is 10.6 Å². The second-order valence-corrected chi connectivity index (χ2v) is 7.02. The maximum Gasteiger partial charge on any atom is 0.191 e. The van der Waals surface area contributed by atoms with Gasteiger partial charge in [0.1, 0.15) is 0 Å². The number of nitrogens with one attached hydrogen (secondary N) is 2. The van der Waals surface area contributed by atoms with E-state index in [1.165, 1.54) is 5.56 Å². The highest BCUT2D eigenvalue weighted by molar-refractivity contribution is 5.79. The molecule has 0 aliphatic heterocycles. The van der Waals surface area contributed by atoms with Crippen molar-refractivity contribution >= 4 is 5.96 Å². The number of nitrogens with zero attached hydrogens (tertiary/aromatic N) is 5. The number of hydrogen-bond acceptors (Lipinski definition) is 3. The molecule has 3 aromatic rings. The summed E-state index contributed by atoms with van der Waals surface area (Å²) >= 11 is 0. The lowest BCUT2D eigenvalue weighted by Crippen LogP contribution is -2.36. The highest BCUT2D eigenvalue weighted by atomic mass is 15.3. The van der Waals surface area contributed by atoms with Crippen LogP contribution in [0, 0.1) is 27.7 Å². The zero-order valence-corrected chi connectivity index (χ0v) is 17.5. The molecule has 0 aliphatic rings. The predicted octanol–water partition coefficient (Wildman–Crippen LogP) is 2.70. The van der Waals surface area contributed by atoms with E-state index in [4.69, 9.17) is 0 Å². The molecule has 0 bridgehead atoms. The molecular weight excluding hydrogens is 350 g/mol. The molecule has 28 heavy (non-hydrogen) atoms. The number of aliphatic imine (C=N–C) groups is 1. The lowest BCUT2D eigenvalue weighted by Gasteiger charge is -2.15. The standard InChI is InChI=1S/C21H29N7/c1-14-11-15(2)28(25-14)20-10-8-7-9-18(20)12-23-21(22-5)24-13-19-16(3)26-27(6)17(19)4/h7-11H,12-13H2,1-6H3,(H2,22,23,24). The second-order valence-electron chi connectivity index (χ2n) is 7.02. The Morgan fingerprint density at radius 2 is 1.75 bits per heavy atom. The van der Waals surface area contributed by atoms with Crippen molar-refractivity contribution in [1.82, 2.24) is 30.2 Å². The van der Waals surface area contributed by atoms with E-state index in [9.17, 15) is 0 Å². The van der Waals surface area contributed by atoms with Gasteiger partial charge in [0, 0.05) is 44.1 Å². The molecule has 0 unspecified atom stereocenters. The molecule has 148 valence electrons. The second kappa shape index (κ2) is 8.29. The molecule has 0 spiro atoms. The summed E-state index contributed by atoms with van der Waals surface area (Å²) in [4.78, 5) is 4.35. The number of guanidine groups is 1. The van der Waals surface area contributed by atoms with Gasteiger partial charge in [-0.05, 0) is 45.4 Å². The van der Waals surface area contributed by atoms with Crippen LogP contribution in [0.2, 0.25) is 0 Å². The fourth-order valence-corrected chi connectivity index (χ4v) is 3.38. The van der Waals surface area contributed by atoms with Gasteiger partial charge < -0.3 is 10.6 Å². The Kier molecular flexibility index (Phi) is 5.82. The van der Waals surface area contributed by atoms with Gasteiger partial charge in [0.25, 0.3) is 0 Å². The van der Waals surface area contributed by atoms with E-state index < -0.39 is 0 Å². The predicted molar refractivity (Wildman–Crippen MR) is 113 cm³/mol. The molecule has 0 radical (unpaired) electrons. The molecule has 2 heterocycles. The molecule has 0 atom stereocenters. The number of hydrogen-bond donors (Lipinski definition) is 2.